The molecule has 6 atom stereocenters. The molecule has 1 aliphatic heterocycles. The fraction of sp³-hybridized carbons (Fsp3) is 1.00. The largest absolute Gasteiger partial charge is 0.311 e. The van der Waals surface area contributed by atoms with Crippen molar-refractivity contribution < 1.29 is 0 Å². The molecule has 4 rings (SSSR count). The van der Waals surface area contributed by atoms with Crippen LogP contribution in [0, 0.1) is 23.7 Å². The van der Waals surface area contributed by atoms with E-state index in [2.05, 4.69) is 5.32 Å². The van der Waals surface area contributed by atoms with Crippen LogP contribution in [0.15, 0.2) is 0 Å². The van der Waals surface area contributed by atoms with Crippen LogP contribution in [0.1, 0.15) is 57.8 Å². The lowest BCUT2D eigenvalue weighted by Gasteiger charge is -2.39. The van der Waals surface area contributed by atoms with Crippen LogP contribution in [0.3, 0.4) is 0 Å². The third kappa shape index (κ3) is 1.33. The lowest BCUT2D eigenvalue weighted by atomic mass is 9.65. The highest BCUT2D eigenvalue weighted by Crippen LogP contribution is 2.53. The Morgan fingerprint density at radius 1 is 0.625 bits per heavy atom. The summed E-state index contributed by atoms with van der Waals surface area (Å²) < 4.78 is 0. The van der Waals surface area contributed by atoms with Crippen molar-refractivity contribution >= 4 is 0 Å². The van der Waals surface area contributed by atoms with E-state index in [0.717, 1.165) is 35.8 Å². The molecule has 1 heteroatoms. The smallest absolute Gasteiger partial charge is 0.0104 e. The van der Waals surface area contributed by atoms with Crippen molar-refractivity contribution in [2.45, 2.75) is 69.9 Å². The SMILES string of the molecule is C1CCC2C(C1)NC1CCC3CCCC3C12. The van der Waals surface area contributed by atoms with Gasteiger partial charge in [0.05, 0.1) is 0 Å². The number of hydrogen-bond donors (Lipinski definition) is 1. The van der Waals surface area contributed by atoms with Crippen LogP contribution in [0.4, 0.5) is 0 Å². The first kappa shape index (κ1) is 9.94. The summed E-state index contributed by atoms with van der Waals surface area (Å²) in [6, 6.07) is 1.84. The highest BCUT2D eigenvalue weighted by Gasteiger charge is 2.51. The first-order chi connectivity index (χ1) is 7.93. The topological polar surface area (TPSA) is 12.0 Å². The standard InChI is InChI=1S/C15H25N/c1-2-7-13-12(5-1)15-11-6-3-4-10(11)8-9-14(15)16-13/h10-16H,1-9H2. The molecule has 4 aliphatic rings. The second-order valence-corrected chi connectivity index (χ2v) is 6.84. The molecule has 0 aromatic carbocycles. The molecule has 0 aromatic rings. The maximum absolute atomic E-state index is 4.01. The van der Waals surface area contributed by atoms with Crippen molar-refractivity contribution in [3.63, 3.8) is 0 Å². The zero-order valence-electron chi connectivity index (χ0n) is 10.3. The van der Waals surface area contributed by atoms with E-state index in [1.807, 2.05) is 0 Å². The highest BCUT2D eigenvalue weighted by molar-refractivity contribution is 5.05. The van der Waals surface area contributed by atoms with Crippen molar-refractivity contribution in [2.24, 2.45) is 23.7 Å². The summed E-state index contributed by atoms with van der Waals surface area (Å²) in [4.78, 5) is 0. The van der Waals surface area contributed by atoms with Gasteiger partial charge >= 0.3 is 0 Å². The molecule has 90 valence electrons. The zero-order valence-corrected chi connectivity index (χ0v) is 10.3. The zero-order chi connectivity index (χ0) is 10.5. The summed E-state index contributed by atoms with van der Waals surface area (Å²) in [6.45, 7) is 0. The fourth-order valence-electron chi connectivity index (χ4n) is 5.73. The number of nitrogens with one attached hydrogen (secondary N) is 1. The second kappa shape index (κ2) is 3.73. The Labute approximate surface area is 99.4 Å². The average Bonchev–Trinajstić information content (AvgIpc) is 2.91. The summed E-state index contributed by atoms with van der Waals surface area (Å²) in [5.74, 6) is 4.42. The van der Waals surface area contributed by atoms with Gasteiger partial charge in [0, 0.05) is 12.1 Å². The third-order valence-corrected chi connectivity index (χ3v) is 6.27. The molecule has 0 amide bonds. The molecular weight excluding hydrogens is 194 g/mol. The van der Waals surface area contributed by atoms with Gasteiger partial charge in [0.25, 0.3) is 0 Å². The Hall–Kier alpha value is -0.0400. The van der Waals surface area contributed by atoms with Crippen molar-refractivity contribution in [3.05, 3.63) is 0 Å². The third-order valence-electron chi connectivity index (χ3n) is 6.27. The van der Waals surface area contributed by atoms with Gasteiger partial charge in [-0.3, -0.25) is 0 Å². The Morgan fingerprint density at radius 3 is 2.50 bits per heavy atom. The Bertz CT molecular complexity index is 275. The lowest BCUT2D eigenvalue weighted by molar-refractivity contribution is 0.120. The van der Waals surface area contributed by atoms with E-state index in [-0.39, 0.29) is 0 Å². The molecule has 0 radical (unpaired) electrons. The molecule has 6 unspecified atom stereocenters. The number of hydrogen-bond acceptors (Lipinski definition) is 1. The van der Waals surface area contributed by atoms with Gasteiger partial charge in [0.2, 0.25) is 0 Å². The van der Waals surface area contributed by atoms with Crippen LogP contribution in [-0.2, 0) is 0 Å². The second-order valence-electron chi connectivity index (χ2n) is 6.84. The predicted molar refractivity (Wildman–Crippen MR) is 66.2 cm³/mol. The van der Waals surface area contributed by atoms with Crippen molar-refractivity contribution in [3.8, 4) is 0 Å². The van der Waals surface area contributed by atoms with Gasteiger partial charge in [-0.05, 0) is 55.8 Å². The van der Waals surface area contributed by atoms with E-state index in [1.165, 1.54) is 38.5 Å². The molecule has 0 spiro atoms. The Morgan fingerprint density at radius 2 is 1.50 bits per heavy atom. The van der Waals surface area contributed by atoms with E-state index in [1.54, 1.807) is 19.3 Å². The molecule has 1 heterocycles. The van der Waals surface area contributed by atoms with Crippen LogP contribution in [0.25, 0.3) is 0 Å². The highest BCUT2D eigenvalue weighted by atomic mass is 15.0. The summed E-state index contributed by atoms with van der Waals surface area (Å²) in [5.41, 5.74) is 0. The Kier molecular flexibility index (Phi) is 2.32. The minimum atomic E-state index is 0.920. The van der Waals surface area contributed by atoms with E-state index < -0.39 is 0 Å². The van der Waals surface area contributed by atoms with Crippen LogP contribution in [0.5, 0.6) is 0 Å². The molecule has 4 fully saturated rings. The summed E-state index contributed by atoms with van der Waals surface area (Å²) >= 11 is 0. The van der Waals surface area contributed by atoms with Crippen LogP contribution in [-0.4, -0.2) is 12.1 Å². The molecular formula is C15H25N. The van der Waals surface area contributed by atoms with Gasteiger partial charge in [0.1, 0.15) is 0 Å². The van der Waals surface area contributed by atoms with Gasteiger partial charge in [-0.15, -0.1) is 0 Å². The summed E-state index contributed by atoms with van der Waals surface area (Å²) in [5, 5.41) is 4.01. The summed E-state index contributed by atoms with van der Waals surface area (Å²) in [7, 11) is 0. The number of rotatable bonds is 0. The van der Waals surface area contributed by atoms with E-state index >= 15 is 0 Å². The minimum absolute atomic E-state index is 0.920. The molecule has 0 aromatic heterocycles. The van der Waals surface area contributed by atoms with Crippen molar-refractivity contribution in [1.82, 2.24) is 5.32 Å². The van der Waals surface area contributed by atoms with Gasteiger partial charge in [-0.25, -0.2) is 0 Å². The van der Waals surface area contributed by atoms with Gasteiger partial charge in [0.15, 0.2) is 0 Å². The maximum Gasteiger partial charge on any atom is 0.0104 e. The van der Waals surface area contributed by atoms with Gasteiger partial charge < -0.3 is 5.32 Å². The van der Waals surface area contributed by atoms with Crippen LogP contribution < -0.4 is 5.32 Å². The minimum Gasteiger partial charge on any atom is -0.311 e. The van der Waals surface area contributed by atoms with Crippen LogP contribution in [0.2, 0.25) is 0 Å². The first-order valence-electron chi connectivity index (χ1n) is 7.69. The fourth-order valence-corrected chi connectivity index (χ4v) is 5.73. The quantitative estimate of drug-likeness (QED) is 0.659. The average molecular weight is 219 g/mol. The molecule has 1 N–H and O–H groups in total. The van der Waals surface area contributed by atoms with Gasteiger partial charge in [-0.1, -0.05) is 25.7 Å². The normalized spacial score (nSPS) is 55.5. The molecule has 0 bridgehead atoms. The van der Waals surface area contributed by atoms with E-state index in [9.17, 15) is 0 Å². The van der Waals surface area contributed by atoms with Crippen LogP contribution >= 0.6 is 0 Å². The van der Waals surface area contributed by atoms with Crippen molar-refractivity contribution in [1.29, 1.82) is 0 Å². The molecule has 3 aliphatic carbocycles. The monoisotopic (exact) mass is 219 g/mol. The van der Waals surface area contributed by atoms with E-state index in [4.69, 9.17) is 0 Å². The molecule has 16 heavy (non-hydrogen) atoms. The van der Waals surface area contributed by atoms with Gasteiger partial charge in [-0.2, -0.15) is 0 Å². The molecule has 1 saturated heterocycles. The molecule has 3 saturated carbocycles. The van der Waals surface area contributed by atoms with Crippen molar-refractivity contribution in [2.75, 3.05) is 0 Å². The van der Waals surface area contributed by atoms with E-state index in [0.29, 0.717) is 0 Å². The maximum atomic E-state index is 4.01. The predicted octanol–water partition coefficient (Wildman–Crippen LogP) is 3.34. The summed E-state index contributed by atoms with van der Waals surface area (Å²) in [6.07, 6.45) is 13.7. The lowest BCUT2D eigenvalue weighted by Crippen LogP contribution is -2.39. The number of fused-ring (bicyclic) bond motifs is 5. The first-order valence-corrected chi connectivity index (χ1v) is 7.69. The molecule has 1 nitrogen and oxygen atoms in total. The Balaban J connectivity index is 1.61.